The molecule has 3 heterocycles. The number of hydrogen-bond donors (Lipinski definition) is 2. The van der Waals surface area contributed by atoms with Gasteiger partial charge in [-0.3, -0.25) is 9.36 Å². The van der Waals surface area contributed by atoms with Gasteiger partial charge in [-0.05, 0) is 37.5 Å². The first-order valence-corrected chi connectivity index (χ1v) is 9.67. The normalized spacial score (nSPS) is 23.7. The molecule has 0 radical (unpaired) electrons. The second-order valence-corrected chi connectivity index (χ2v) is 8.06. The Morgan fingerprint density at radius 3 is 2.52 bits per heavy atom. The molecule has 4 rings (SSSR count). The minimum Gasteiger partial charge on any atom is -0.383 e. The second kappa shape index (κ2) is 7.07. The molecule has 0 saturated carbocycles. The summed E-state index contributed by atoms with van der Waals surface area (Å²) in [6.07, 6.45) is 1.70. The lowest BCUT2D eigenvalue weighted by atomic mass is 9.73. The number of ether oxygens (including phenoxy) is 1. The summed E-state index contributed by atoms with van der Waals surface area (Å²) in [5, 5.41) is 0. The first-order valence-electron chi connectivity index (χ1n) is 9.67. The predicted octanol–water partition coefficient (Wildman–Crippen LogP) is 1.64. The average Bonchev–Trinajstić information content (AvgIpc) is 2.97. The van der Waals surface area contributed by atoms with Gasteiger partial charge in [0.05, 0.1) is 18.3 Å². The Bertz CT molecular complexity index is 1000. The molecular formula is C20H25F2N5O2. The smallest absolute Gasteiger partial charge is 0.264 e. The third kappa shape index (κ3) is 3.18. The Morgan fingerprint density at radius 1 is 1.24 bits per heavy atom. The topological polar surface area (TPSA) is 99.4 Å². The van der Waals surface area contributed by atoms with Gasteiger partial charge in [-0.15, -0.1) is 0 Å². The quantitative estimate of drug-likeness (QED) is 0.788. The summed E-state index contributed by atoms with van der Waals surface area (Å²) in [5.74, 6) is -1.59. The largest absolute Gasteiger partial charge is 0.383 e. The van der Waals surface area contributed by atoms with E-state index in [1.54, 1.807) is 7.05 Å². The minimum absolute atomic E-state index is 0.0103. The number of anilines is 2. The monoisotopic (exact) mass is 405 g/mol. The first kappa shape index (κ1) is 19.8. The first-order chi connectivity index (χ1) is 13.7. The zero-order valence-electron chi connectivity index (χ0n) is 16.5. The Kier molecular flexibility index (Phi) is 4.82. The van der Waals surface area contributed by atoms with Crippen molar-refractivity contribution in [3.05, 3.63) is 40.2 Å². The van der Waals surface area contributed by atoms with Crippen LogP contribution in [0.4, 0.5) is 20.5 Å². The molecule has 1 aromatic carbocycles. The van der Waals surface area contributed by atoms with Gasteiger partial charge in [0.25, 0.3) is 5.56 Å². The van der Waals surface area contributed by atoms with Crippen molar-refractivity contribution in [3.8, 4) is 11.1 Å². The van der Waals surface area contributed by atoms with Crippen molar-refractivity contribution in [2.75, 3.05) is 30.3 Å². The molecule has 1 aromatic heterocycles. The van der Waals surface area contributed by atoms with Gasteiger partial charge < -0.3 is 21.1 Å². The minimum atomic E-state index is -1.04. The van der Waals surface area contributed by atoms with Crippen molar-refractivity contribution in [1.82, 2.24) is 9.55 Å². The maximum Gasteiger partial charge on any atom is 0.264 e. The summed E-state index contributed by atoms with van der Waals surface area (Å²) in [6, 6.07) is 3.23. The van der Waals surface area contributed by atoms with Crippen LogP contribution < -0.4 is 21.9 Å². The highest BCUT2D eigenvalue weighted by Crippen LogP contribution is 2.41. The van der Waals surface area contributed by atoms with E-state index < -0.39 is 17.2 Å². The molecule has 2 aliphatic heterocycles. The summed E-state index contributed by atoms with van der Waals surface area (Å²) >= 11 is 0. The van der Waals surface area contributed by atoms with E-state index in [-0.39, 0.29) is 34.5 Å². The maximum atomic E-state index is 13.6. The molecule has 1 spiro atoms. The van der Waals surface area contributed by atoms with E-state index in [1.807, 2.05) is 11.8 Å². The lowest BCUT2D eigenvalue weighted by Crippen LogP contribution is -2.51. The fourth-order valence-electron chi connectivity index (χ4n) is 4.44. The highest BCUT2D eigenvalue weighted by atomic mass is 19.2. The van der Waals surface area contributed by atoms with Crippen molar-refractivity contribution in [3.63, 3.8) is 0 Å². The van der Waals surface area contributed by atoms with Crippen LogP contribution in [-0.2, 0) is 11.8 Å². The molecule has 2 fully saturated rings. The number of nitrogens with zero attached hydrogens (tertiary/aromatic N) is 3. The van der Waals surface area contributed by atoms with Crippen LogP contribution in [0.1, 0.15) is 19.8 Å². The molecule has 2 aromatic rings. The number of nitrogen functional groups attached to an aromatic ring is 1. The van der Waals surface area contributed by atoms with E-state index in [1.165, 1.54) is 10.6 Å². The van der Waals surface area contributed by atoms with Gasteiger partial charge in [0.1, 0.15) is 5.82 Å². The number of hydrogen-bond acceptors (Lipinski definition) is 6. The van der Waals surface area contributed by atoms with Crippen LogP contribution in [0.15, 0.2) is 23.0 Å². The molecule has 7 nitrogen and oxygen atoms in total. The van der Waals surface area contributed by atoms with Crippen molar-refractivity contribution in [2.24, 2.45) is 18.2 Å². The number of nitrogens with two attached hydrogens (primary N) is 2. The van der Waals surface area contributed by atoms with Crippen LogP contribution in [0.2, 0.25) is 0 Å². The van der Waals surface area contributed by atoms with Gasteiger partial charge in [-0.2, -0.15) is 4.98 Å². The Morgan fingerprint density at radius 2 is 1.93 bits per heavy atom. The molecule has 0 amide bonds. The third-order valence-corrected chi connectivity index (χ3v) is 6.39. The second-order valence-electron chi connectivity index (χ2n) is 8.06. The molecule has 9 heteroatoms. The molecule has 2 saturated heterocycles. The standard InChI is InChI=1S/C20H25F2N5O2/c1-11-16(23)20(10-29-11)5-7-27(8-6-20)19-25-17(24)15(18(28)26(19)2)12-3-4-13(21)14(22)9-12/h3-4,9,11,16H,5-8,10,23-24H2,1-2H3/t11-,16+/m0/s1. The van der Waals surface area contributed by atoms with E-state index in [0.717, 1.165) is 25.0 Å². The van der Waals surface area contributed by atoms with Gasteiger partial charge in [-0.1, -0.05) is 6.07 Å². The molecule has 29 heavy (non-hydrogen) atoms. The van der Waals surface area contributed by atoms with Crippen molar-refractivity contribution in [1.29, 1.82) is 0 Å². The molecule has 0 bridgehead atoms. The van der Waals surface area contributed by atoms with Crippen LogP contribution >= 0.6 is 0 Å². The summed E-state index contributed by atoms with van der Waals surface area (Å²) < 4.78 is 34.0. The van der Waals surface area contributed by atoms with Gasteiger partial charge in [0.2, 0.25) is 5.95 Å². The maximum absolute atomic E-state index is 13.6. The fraction of sp³-hybridized carbons (Fsp3) is 0.500. The fourth-order valence-corrected chi connectivity index (χ4v) is 4.44. The van der Waals surface area contributed by atoms with E-state index in [4.69, 9.17) is 16.2 Å². The zero-order chi connectivity index (χ0) is 20.9. The summed E-state index contributed by atoms with van der Waals surface area (Å²) in [4.78, 5) is 19.4. The molecule has 156 valence electrons. The van der Waals surface area contributed by atoms with E-state index in [9.17, 15) is 13.6 Å². The van der Waals surface area contributed by atoms with Crippen LogP contribution in [-0.4, -0.2) is 41.4 Å². The summed E-state index contributed by atoms with van der Waals surface area (Å²) in [6.45, 7) is 3.99. The SMILES string of the molecule is C[C@@H]1OCC2(CCN(c3nc(N)c(-c4ccc(F)c(F)c4)c(=O)n3C)CC2)[C@@H]1N. The van der Waals surface area contributed by atoms with E-state index in [0.29, 0.717) is 25.6 Å². The Labute approximate surface area is 167 Å². The van der Waals surface area contributed by atoms with Gasteiger partial charge in [0, 0.05) is 31.6 Å². The van der Waals surface area contributed by atoms with Crippen LogP contribution in [0.25, 0.3) is 11.1 Å². The van der Waals surface area contributed by atoms with Crippen LogP contribution in [0.5, 0.6) is 0 Å². The molecule has 2 aliphatic rings. The molecule has 0 unspecified atom stereocenters. The van der Waals surface area contributed by atoms with Crippen molar-refractivity contribution < 1.29 is 13.5 Å². The molecule has 4 N–H and O–H groups in total. The van der Waals surface area contributed by atoms with Crippen molar-refractivity contribution >= 4 is 11.8 Å². The lowest BCUT2D eigenvalue weighted by molar-refractivity contribution is 0.0973. The number of piperidine rings is 1. The zero-order valence-corrected chi connectivity index (χ0v) is 16.5. The summed E-state index contributed by atoms with van der Waals surface area (Å²) in [5.41, 5.74) is 12.2. The highest BCUT2D eigenvalue weighted by Gasteiger charge is 2.47. The summed E-state index contributed by atoms with van der Waals surface area (Å²) in [7, 11) is 1.60. The van der Waals surface area contributed by atoms with Crippen LogP contribution in [0, 0.1) is 17.0 Å². The van der Waals surface area contributed by atoms with Gasteiger partial charge >= 0.3 is 0 Å². The predicted molar refractivity (Wildman–Crippen MR) is 107 cm³/mol. The third-order valence-electron chi connectivity index (χ3n) is 6.39. The lowest BCUT2D eigenvalue weighted by Gasteiger charge is -2.41. The number of halogens is 2. The average molecular weight is 405 g/mol. The van der Waals surface area contributed by atoms with E-state index in [2.05, 4.69) is 4.98 Å². The van der Waals surface area contributed by atoms with Gasteiger partial charge in [-0.25, -0.2) is 8.78 Å². The Balaban J connectivity index is 1.63. The van der Waals surface area contributed by atoms with Gasteiger partial charge in [0.15, 0.2) is 11.6 Å². The van der Waals surface area contributed by atoms with Crippen molar-refractivity contribution in [2.45, 2.75) is 31.9 Å². The Hall–Kier alpha value is -2.52. The number of aromatic nitrogens is 2. The molecular weight excluding hydrogens is 380 g/mol. The molecule has 2 atom stereocenters. The number of benzene rings is 1. The van der Waals surface area contributed by atoms with E-state index >= 15 is 0 Å². The number of rotatable bonds is 2. The molecule has 0 aliphatic carbocycles. The van der Waals surface area contributed by atoms with Crippen LogP contribution in [0.3, 0.4) is 0 Å². The highest BCUT2D eigenvalue weighted by molar-refractivity contribution is 5.74.